The largest absolute Gasteiger partial charge is 0.506 e. The molecule has 4 rings (SSSR count). The number of ether oxygens (including phenoxy) is 1. The summed E-state index contributed by atoms with van der Waals surface area (Å²) in [5, 5.41) is 11.3. The normalized spacial score (nSPS) is 11.6. The minimum Gasteiger partial charge on any atom is -0.506 e. The molecule has 4 aromatic rings. The Kier molecular flexibility index (Phi) is 3.70. The molecule has 0 atom stereocenters. The van der Waals surface area contributed by atoms with Crippen molar-refractivity contribution in [3.05, 3.63) is 58.4 Å². The third kappa shape index (κ3) is 2.74. The van der Waals surface area contributed by atoms with Crippen molar-refractivity contribution in [1.29, 1.82) is 0 Å². The van der Waals surface area contributed by atoms with E-state index in [-0.39, 0.29) is 11.3 Å². The van der Waals surface area contributed by atoms with Crippen molar-refractivity contribution in [3.8, 4) is 11.5 Å². The Morgan fingerprint density at radius 1 is 1.28 bits per heavy atom. The first-order chi connectivity index (χ1) is 12.2. The van der Waals surface area contributed by atoms with E-state index in [1.54, 1.807) is 31.4 Å². The molecule has 124 valence electrons. The Morgan fingerprint density at radius 3 is 2.96 bits per heavy atom. The first kappa shape index (κ1) is 15.3. The average Bonchev–Trinajstić information content (AvgIpc) is 3.03. The summed E-state index contributed by atoms with van der Waals surface area (Å²) in [5.41, 5.74) is 0.459. The number of aromatic hydroxyl groups is 1. The van der Waals surface area contributed by atoms with Gasteiger partial charge in [-0.2, -0.15) is 0 Å². The van der Waals surface area contributed by atoms with Gasteiger partial charge in [0.25, 0.3) is 0 Å². The van der Waals surface area contributed by atoms with Crippen LogP contribution in [0.15, 0.2) is 56.7 Å². The van der Waals surface area contributed by atoms with Gasteiger partial charge in [-0.25, -0.2) is 14.8 Å². The van der Waals surface area contributed by atoms with Crippen LogP contribution in [0.5, 0.6) is 11.5 Å². The third-order valence-electron chi connectivity index (χ3n) is 3.71. The van der Waals surface area contributed by atoms with E-state index < -0.39 is 5.63 Å². The molecule has 25 heavy (non-hydrogen) atoms. The van der Waals surface area contributed by atoms with Gasteiger partial charge in [-0.1, -0.05) is 23.5 Å². The van der Waals surface area contributed by atoms with Crippen LogP contribution in [-0.4, -0.2) is 23.4 Å². The summed E-state index contributed by atoms with van der Waals surface area (Å²) in [4.78, 5) is 20.7. The molecule has 0 aliphatic rings. The van der Waals surface area contributed by atoms with Gasteiger partial charge < -0.3 is 14.3 Å². The molecule has 0 fully saturated rings. The number of rotatable bonds is 3. The van der Waals surface area contributed by atoms with Crippen LogP contribution in [0.25, 0.3) is 21.2 Å². The Hall–Kier alpha value is -3.19. The fraction of sp³-hybridized carbons (Fsp3) is 0.0556. The molecule has 0 aliphatic heterocycles. The average molecular weight is 352 g/mol. The number of fused-ring (bicyclic) bond motifs is 2. The summed E-state index contributed by atoms with van der Waals surface area (Å²) in [6.07, 6.45) is 1.28. The van der Waals surface area contributed by atoms with E-state index in [0.717, 1.165) is 16.0 Å². The number of methoxy groups -OCH3 is 1. The summed E-state index contributed by atoms with van der Waals surface area (Å²) < 4.78 is 11.3. The number of aromatic nitrogens is 1. The Bertz CT molecular complexity index is 1180. The molecule has 0 spiro atoms. The van der Waals surface area contributed by atoms with Gasteiger partial charge in [0.05, 0.1) is 22.7 Å². The van der Waals surface area contributed by atoms with Gasteiger partial charge in [0.1, 0.15) is 22.6 Å². The molecule has 1 N–H and O–H groups in total. The fourth-order valence-corrected chi connectivity index (χ4v) is 3.30. The fourth-order valence-electron chi connectivity index (χ4n) is 2.46. The SMILES string of the molecule is COc1ccc2nc(/N=C/c3c(O)c4ccccc4oc3=O)sc2c1. The molecular weight excluding hydrogens is 340 g/mol. The predicted molar refractivity (Wildman–Crippen MR) is 97.6 cm³/mol. The zero-order valence-corrected chi connectivity index (χ0v) is 13.9. The molecule has 2 aromatic heterocycles. The lowest BCUT2D eigenvalue weighted by atomic mass is 10.1. The standard InChI is InChI=1S/C18H12N2O4S/c1-23-10-6-7-13-15(8-10)25-18(20-13)19-9-12-16(21)11-4-2-3-5-14(11)24-17(12)22/h2-9,21H,1H3/b19-9+. The van der Waals surface area contributed by atoms with E-state index in [4.69, 9.17) is 9.15 Å². The molecule has 7 heteroatoms. The number of benzene rings is 2. The number of thiazole rings is 1. The van der Waals surface area contributed by atoms with Crippen molar-refractivity contribution in [2.45, 2.75) is 0 Å². The second-order valence-electron chi connectivity index (χ2n) is 5.24. The quantitative estimate of drug-likeness (QED) is 0.447. The van der Waals surface area contributed by atoms with Crippen molar-refractivity contribution in [1.82, 2.24) is 4.98 Å². The Balaban J connectivity index is 1.77. The number of nitrogens with zero attached hydrogens (tertiary/aromatic N) is 2. The molecule has 6 nitrogen and oxygen atoms in total. The lowest BCUT2D eigenvalue weighted by Crippen LogP contribution is -2.06. The summed E-state index contributed by atoms with van der Waals surface area (Å²) >= 11 is 1.36. The zero-order chi connectivity index (χ0) is 17.4. The Morgan fingerprint density at radius 2 is 2.12 bits per heavy atom. The van der Waals surface area contributed by atoms with E-state index in [2.05, 4.69) is 9.98 Å². The van der Waals surface area contributed by atoms with Gasteiger partial charge in [0.15, 0.2) is 0 Å². The van der Waals surface area contributed by atoms with E-state index in [1.807, 2.05) is 18.2 Å². The second-order valence-corrected chi connectivity index (χ2v) is 6.25. The smallest absolute Gasteiger partial charge is 0.348 e. The molecule has 0 saturated heterocycles. The van der Waals surface area contributed by atoms with Crippen LogP contribution in [0.1, 0.15) is 5.56 Å². The van der Waals surface area contributed by atoms with Gasteiger partial charge in [-0.3, -0.25) is 0 Å². The molecule has 2 heterocycles. The highest BCUT2D eigenvalue weighted by molar-refractivity contribution is 7.22. The van der Waals surface area contributed by atoms with Gasteiger partial charge in [0.2, 0.25) is 5.13 Å². The van der Waals surface area contributed by atoms with Crippen LogP contribution in [0.3, 0.4) is 0 Å². The van der Waals surface area contributed by atoms with Crippen LogP contribution in [0.2, 0.25) is 0 Å². The highest BCUT2D eigenvalue weighted by atomic mass is 32.1. The summed E-state index contributed by atoms with van der Waals surface area (Å²) in [5.74, 6) is 0.581. The van der Waals surface area contributed by atoms with Crippen LogP contribution >= 0.6 is 11.3 Å². The van der Waals surface area contributed by atoms with E-state index in [9.17, 15) is 9.90 Å². The molecule has 2 aromatic carbocycles. The Labute approximate surface area is 145 Å². The van der Waals surface area contributed by atoms with E-state index in [0.29, 0.717) is 16.1 Å². The zero-order valence-electron chi connectivity index (χ0n) is 13.1. The molecule has 0 saturated carbocycles. The molecule has 0 unspecified atom stereocenters. The van der Waals surface area contributed by atoms with Gasteiger partial charge in [-0.05, 0) is 30.3 Å². The predicted octanol–water partition coefficient (Wildman–Crippen LogP) is 3.87. The summed E-state index contributed by atoms with van der Waals surface area (Å²) in [6, 6.07) is 12.3. The maximum Gasteiger partial charge on any atom is 0.348 e. The second kappa shape index (κ2) is 6.03. The van der Waals surface area contributed by atoms with Crippen LogP contribution in [0.4, 0.5) is 5.13 Å². The van der Waals surface area contributed by atoms with Crippen LogP contribution in [0, 0.1) is 0 Å². The molecule has 0 amide bonds. The molecule has 0 bridgehead atoms. The van der Waals surface area contributed by atoms with Crippen molar-refractivity contribution < 1.29 is 14.3 Å². The number of hydrogen-bond acceptors (Lipinski definition) is 7. The lowest BCUT2D eigenvalue weighted by molar-refractivity contribution is 0.415. The van der Waals surface area contributed by atoms with Crippen molar-refractivity contribution in [2.75, 3.05) is 7.11 Å². The first-order valence-electron chi connectivity index (χ1n) is 7.39. The van der Waals surface area contributed by atoms with E-state index >= 15 is 0 Å². The van der Waals surface area contributed by atoms with Gasteiger partial charge >= 0.3 is 5.63 Å². The molecular formula is C18H12N2O4S. The number of hydrogen-bond donors (Lipinski definition) is 1. The lowest BCUT2D eigenvalue weighted by Gasteiger charge is -2.01. The van der Waals surface area contributed by atoms with Crippen LogP contribution in [-0.2, 0) is 0 Å². The first-order valence-corrected chi connectivity index (χ1v) is 8.21. The molecule has 0 aliphatic carbocycles. The van der Waals surface area contributed by atoms with Crippen LogP contribution < -0.4 is 10.4 Å². The third-order valence-corrected chi connectivity index (χ3v) is 4.63. The monoisotopic (exact) mass is 352 g/mol. The van der Waals surface area contributed by atoms with Gasteiger partial charge in [-0.15, -0.1) is 0 Å². The number of para-hydroxylation sites is 1. The van der Waals surface area contributed by atoms with Crippen molar-refractivity contribution in [2.24, 2.45) is 4.99 Å². The topological polar surface area (TPSA) is 84.9 Å². The van der Waals surface area contributed by atoms with E-state index in [1.165, 1.54) is 17.6 Å². The van der Waals surface area contributed by atoms with Crippen molar-refractivity contribution in [3.63, 3.8) is 0 Å². The minimum atomic E-state index is -0.650. The number of aliphatic imine (C=N–C) groups is 1. The highest BCUT2D eigenvalue weighted by Gasteiger charge is 2.12. The highest BCUT2D eigenvalue weighted by Crippen LogP contribution is 2.31. The minimum absolute atomic E-state index is 0.00413. The summed E-state index contributed by atoms with van der Waals surface area (Å²) in [6.45, 7) is 0. The summed E-state index contributed by atoms with van der Waals surface area (Å²) in [7, 11) is 1.60. The maximum absolute atomic E-state index is 12.1. The molecule has 0 radical (unpaired) electrons. The maximum atomic E-state index is 12.1. The van der Waals surface area contributed by atoms with Gasteiger partial charge in [0, 0.05) is 6.21 Å². The van der Waals surface area contributed by atoms with Crippen molar-refractivity contribution >= 4 is 43.9 Å².